The van der Waals surface area contributed by atoms with Gasteiger partial charge in [0.05, 0.1) is 31.1 Å². The van der Waals surface area contributed by atoms with Crippen LogP contribution in [0.2, 0.25) is 0 Å². The number of hydrogen-bond acceptors (Lipinski definition) is 3. The molecule has 0 spiro atoms. The van der Waals surface area contributed by atoms with Crippen LogP contribution in [0.4, 0.5) is 0 Å². The molecule has 10 rings (SSSR count). The van der Waals surface area contributed by atoms with Gasteiger partial charge in [-0.3, -0.25) is 4.57 Å². The fourth-order valence-corrected chi connectivity index (χ4v) is 7.16. The van der Waals surface area contributed by atoms with Crippen LogP contribution in [0.15, 0.2) is 170 Å². The van der Waals surface area contributed by atoms with E-state index in [-0.39, 0.29) is 60.1 Å². The quantitative estimate of drug-likeness (QED) is 0.118. The fourth-order valence-electron chi connectivity index (χ4n) is 7.16. The number of aromatic nitrogens is 5. The minimum atomic E-state index is -0.583. The molecule has 4 aromatic heterocycles. The molecule has 6 nitrogen and oxygen atoms in total. The largest absolute Gasteiger partial charge is 0.510 e. The van der Waals surface area contributed by atoms with Crippen molar-refractivity contribution in [1.82, 2.24) is 19.1 Å². The van der Waals surface area contributed by atoms with E-state index in [1.54, 1.807) is 59.3 Å². The van der Waals surface area contributed by atoms with Crippen molar-refractivity contribution in [2.45, 2.75) is 26.2 Å². The third-order valence-corrected chi connectivity index (χ3v) is 9.83. The predicted molar refractivity (Wildman–Crippen MR) is 227 cm³/mol. The topological polar surface area (TPSA) is 48.8 Å². The molecule has 4 heterocycles. The Morgan fingerprint density at radius 2 is 1.34 bits per heavy atom. The van der Waals surface area contributed by atoms with Gasteiger partial charge in [0.25, 0.3) is 0 Å². The van der Waals surface area contributed by atoms with Gasteiger partial charge in [0, 0.05) is 44.3 Å². The van der Waals surface area contributed by atoms with Crippen LogP contribution in [0.3, 0.4) is 0 Å². The van der Waals surface area contributed by atoms with Crippen molar-refractivity contribution in [2.75, 3.05) is 0 Å². The van der Waals surface area contributed by atoms with Crippen LogP contribution in [0.1, 0.15) is 40.0 Å². The van der Waals surface area contributed by atoms with Crippen molar-refractivity contribution in [3.05, 3.63) is 194 Å². The Balaban J connectivity index is 0.00000578. The summed E-state index contributed by atoms with van der Waals surface area (Å²) in [5.41, 5.74) is 4.01. The van der Waals surface area contributed by atoms with Gasteiger partial charge in [-0.15, -0.1) is 29.7 Å². The van der Waals surface area contributed by atoms with Gasteiger partial charge in [-0.2, -0.15) is 23.2 Å². The maximum atomic E-state index is 8.97. The second-order valence-electron chi connectivity index (χ2n) is 14.4. The Bertz CT molecular complexity index is 3550. The van der Waals surface area contributed by atoms with Crippen LogP contribution < -0.4 is 9.30 Å². The van der Waals surface area contributed by atoms with E-state index < -0.39 is 60.4 Å². The third kappa shape index (κ3) is 6.59. The molecule has 6 aromatic carbocycles. The summed E-state index contributed by atoms with van der Waals surface area (Å²) in [5, 5.41) is 2.01. The van der Waals surface area contributed by atoms with E-state index in [1.165, 1.54) is 4.57 Å². The Labute approximate surface area is 366 Å². The van der Waals surface area contributed by atoms with E-state index in [1.807, 2.05) is 36.5 Å². The number of rotatable bonds is 7. The van der Waals surface area contributed by atoms with Crippen molar-refractivity contribution in [3.8, 4) is 50.9 Å². The van der Waals surface area contributed by atoms with E-state index in [2.05, 4.69) is 62.0 Å². The molecule has 0 fully saturated rings. The summed E-state index contributed by atoms with van der Waals surface area (Å²) in [6.07, 6.45) is 6.71. The summed E-state index contributed by atoms with van der Waals surface area (Å²) in [5.74, 6) is 1.51. The van der Waals surface area contributed by atoms with Gasteiger partial charge in [-0.25, -0.2) is 4.98 Å². The molecule has 284 valence electrons. The van der Waals surface area contributed by atoms with Crippen molar-refractivity contribution in [1.29, 1.82) is 0 Å². The van der Waals surface area contributed by atoms with Crippen LogP contribution in [0.5, 0.6) is 11.5 Å². The first-order chi connectivity index (χ1) is 32.0. The van der Waals surface area contributed by atoms with Gasteiger partial charge >= 0.3 is 0 Å². The SMILES string of the molecule is [2H]c1c([2H])c([2H])c(-c2cccc(-c3c([2H])c([2H])c([2H])c([2H])c3[2H])c2-[n+]2[c-]n(-c3[c-]c(Oc4[c-]c5c(cc4)c4ccccc4n5-c4cc(C(C)(C)C)ccn4)ccc3)c3cccnc32)c([2H])c1[2H].[Pt]. The molecule has 10 aromatic rings. The van der Waals surface area contributed by atoms with E-state index in [9.17, 15) is 0 Å². The molecule has 0 saturated carbocycles. The molecular weight excluding hydrogens is 894 g/mol. The molecule has 0 aliphatic rings. The second kappa shape index (κ2) is 15.0. The number of ether oxygens (including phenoxy) is 1. The molecule has 0 radical (unpaired) electrons. The van der Waals surface area contributed by atoms with Gasteiger partial charge < -0.3 is 13.9 Å². The Morgan fingerprint density at radius 3 is 2.09 bits per heavy atom. The van der Waals surface area contributed by atoms with Crippen LogP contribution in [-0.2, 0) is 26.5 Å². The first kappa shape index (κ1) is 27.1. The number of fused-ring (bicyclic) bond motifs is 4. The Kier molecular flexibility index (Phi) is 7.02. The van der Waals surface area contributed by atoms with Gasteiger partial charge in [0.2, 0.25) is 5.65 Å². The standard InChI is InChI=1S/C51H37N5O.Pt/c1-51(2,3)37-28-30-52-48(31-37)56-45-24-11-10-21-43(45)44-27-26-40(33-47(44)56)57-39-20-12-19-38(32-39)54-34-55(50-46(54)25-14-29-53-50)49-41(35-15-6-4-7-16-35)22-13-23-42(49)36-17-8-5-9-18-36;/h4-31H,1-3H3;/q-2;/i4D,5D,6D,7D,8D,9D,15D,16D,17D,18D;. The summed E-state index contributed by atoms with van der Waals surface area (Å²) in [6, 6.07) is 31.0. The summed E-state index contributed by atoms with van der Waals surface area (Å²) < 4.78 is 98.3. The van der Waals surface area contributed by atoms with Gasteiger partial charge in [-0.1, -0.05) is 135 Å². The summed E-state index contributed by atoms with van der Waals surface area (Å²) >= 11 is 0. The molecule has 0 saturated heterocycles. The molecule has 0 atom stereocenters. The minimum Gasteiger partial charge on any atom is -0.510 e. The van der Waals surface area contributed by atoms with Crippen molar-refractivity contribution in [3.63, 3.8) is 0 Å². The van der Waals surface area contributed by atoms with E-state index in [0.29, 0.717) is 22.7 Å². The van der Waals surface area contributed by atoms with E-state index in [0.717, 1.165) is 33.2 Å². The molecular formula is C51H37N5OPt-2. The number of para-hydroxylation sites is 2. The number of imidazole rings is 1. The van der Waals surface area contributed by atoms with Crippen molar-refractivity contribution in [2.24, 2.45) is 0 Å². The van der Waals surface area contributed by atoms with Crippen molar-refractivity contribution < 1.29 is 44.1 Å². The number of hydrogen-bond donors (Lipinski definition) is 0. The fraction of sp³-hybridized carbons (Fsp3) is 0.0784. The first-order valence-electron chi connectivity index (χ1n) is 23.3. The average Bonchev–Trinajstić information content (AvgIpc) is 3.87. The molecule has 0 bridgehead atoms. The van der Waals surface area contributed by atoms with Gasteiger partial charge in [-0.05, 0) is 62.9 Å². The third-order valence-electron chi connectivity index (χ3n) is 9.83. The second-order valence-corrected chi connectivity index (χ2v) is 14.4. The number of benzene rings is 6. The maximum absolute atomic E-state index is 8.97. The van der Waals surface area contributed by atoms with Crippen LogP contribution >= 0.6 is 0 Å². The van der Waals surface area contributed by atoms with Gasteiger partial charge in [0.1, 0.15) is 5.82 Å². The average molecular weight is 941 g/mol. The smallest absolute Gasteiger partial charge is 0.207 e. The molecule has 58 heavy (non-hydrogen) atoms. The monoisotopic (exact) mass is 940 g/mol. The van der Waals surface area contributed by atoms with Crippen LogP contribution in [-0.4, -0.2) is 19.1 Å². The number of nitrogens with zero attached hydrogens (tertiary/aromatic N) is 5. The van der Waals surface area contributed by atoms with E-state index in [4.69, 9.17) is 28.4 Å². The molecule has 7 heteroatoms. The molecule has 0 aliphatic carbocycles. The van der Waals surface area contributed by atoms with Gasteiger partial charge in [0.15, 0.2) is 6.33 Å². The van der Waals surface area contributed by atoms with Crippen molar-refractivity contribution >= 4 is 33.0 Å². The minimum absolute atomic E-state index is 0. The molecule has 0 amide bonds. The first-order valence-corrected chi connectivity index (χ1v) is 18.3. The van der Waals surface area contributed by atoms with Crippen LogP contribution in [0.25, 0.3) is 72.4 Å². The summed E-state index contributed by atoms with van der Waals surface area (Å²) in [7, 11) is 0. The van der Waals surface area contributed by atoms with E-state index >= 15 is 0 Å². The predicted octanol–water partition coefficient (Wildman–Crippen LogP) is 11.6. The zero-order chi connectivity index (χ0) is 47.2. The van der Waals surface area contributed by atoms with Crippen LogP contribution in [0, 0.1) is 18.5 Å². The Morgan fingerprint density at radius 1 is 0.655 bits per heavy atom. The summed E-state index contributed by atoms with van der Waals surface area (Å²) in [6.45, 7) is 6.49. The molecule has 0 N–H and O–H groups in total. The normalized spacial score (nSPS) is 14.0. The molecule has 0 aliphatic heterocycles. The maximum Gasteiger partial charge on any atom is 0.207 e. The zero-order valence-electron chi connectivity index (χ0n) is 41.4. The number of pyridine rings is 2. The zero-order valence-corrected chi connectivity index (χ0v) is 33.6. The molecule has 0 unspecified atom stereocenters. The Hall–Kier alpha value is -6.62. The summed E-state index contributed by atoms with van der Waals surface area (Å²) in [4.78, 5) is 9.49.